The molecule has 1 aliphatic rings. The fourth-order valence-electron chi connectivity index (χ4n) is 2.61. The summed E-state index contributed by atoms with van der Waals surface area (Å²) in [4.78, 5) is 16.6. The molecule has 0 saturated carbocycles. The van der Waals surface area contributed by atoms with E-state index < -0.39 is 12.0 Å². The van der Waals surface area contributed by atoms with Gasteiger partial charge in [0.15, 0.2) is 0 Å². The monoisotopic (exact) mass is 309 g/mol. The summed E-state index contributed by atoms with van der Waals surface area (Å²) in [5, 5.41) is 16.2. The van der Waals surface area contributed by atoms with Gasteiger partial charge in [-0.3, -0.25) is 0 Å². The van der Waals surface area contributed by atoms with Crippen LogP contribution in [0.3, 0.4) is 0 Å². The van der Waals surface area contributed by atoms with Crippen molar-refractivity contribution in [1.29, 1.82) is 5.26 Å². The molecule has 23 heavy (non-hydrogen) atoms. The number of nitrogens with one attached hydrogen (secondary N) is 1. The van der Waals surface area contributed by atoms with Gasteiger partial charge in [-0.25, -0.2) is 9.48 Å². The van der Waals surface area contributed by atoms with Crippen molar-refractivity contribution in [1.82, 2.24) is 14.8 Å². The first kappa shape index (κ1) is 14.8. The van der Waals surface area contributed by atoms with Crippen molar-refractivity contribution < 1.29 is 9.53 Å². The van der Waals surface area contributed by atoms with E-state index in [9.17, 15) is 4.79 Å². The van der Waals surface area contributed by atoms with E-state index >= 15 is 0 Å². The lowest BCUT2D eigenvalue weighted by atomic mass is 9.95. The minimum Gasteiger partial charge on any atom is -0.463 e. The maximum Gasteiger partial charge on any atom is 0.338 e. The van der Waals surface area contributed by atoms with Gasteiger partial charge in [0, 0.05) is 5.70 Å². The molecule has 0 fully saturated rings. The van der Waals surface area contributed by atoms with Gasteiger partial charge in [-0.2, -0.15) is 15.3 Å². The maximum absolute atomic E-state index is 12.4. The topological polar surface area (TPSA) is 92.8 Å². The molecule has 1 aromatic heterocycles. The molecule has 0 radical (unpaired) electrons. The number of allylic oxidation sites excluding steroid dienone is 1. The van der Waals surface area contributed by atoms with Crippen LogP contribution in [0.2, 0.25) is 0 Å². The standard InChI is InChI=1S/C16H15N5O2/c1-3-23-15(22)13-10(2)20-16-18-9-19-21(16)14(13)12-6-4-11(8-17)5-7-12/h4-7,9,14H,3H2,1-2H3,(H,18,19,20)/t14-/m0/s1. The van der Waals surface area contributed by atoms with Crippen molar-refractivity contribution in [3.05, 3.63) is 53.0 Å². The summed E-state index contributed by atoms with van der Waals surface area (Å²) in [7, 11) is 0. The molecule has 0 saturated heterocycles. The third-order valence-electron chi connectivity index (χ3n) is 3.65. The van der Waals surface area contributed by atoms with E-state index in [0.29, 0.717) is 29.4 Å². The Labute approximate surface area is 133 Å². The van der Waals surface area contributed by atoms with Crippen LogP contribution in [0, 0.1) is 11.3 Å². The number of aromatic nitrogens is 3. The summed E-state index contributed by atoms with van der Waals surface area (Å²) in [5.74, 6) is 0.165. The van der Waals surface area contributed by atoms with Crippen LogP contribution in [0.5, 0.6) is 0 Å². The minimum absolute atomic E-state index is 0.292. The molecule has 7 heteroatoms. The minimum atomic E-state index is -0.444. The van der Waals surface area contributed by atoms with Gasteiger partial charge < -0.3 is 10.1 Å². The molecular formula is C16H15N5O2. The van der Waals surface area contributed by atoms with Gasteiger partial charge in [-0.05, 0) is 31.5 Å². The van der Waals surface area contributed by atoms with Crippen LogP contribution < -0.4 is 5.32 Å². The Balaban J connectivity index is 2.12. The van der Waals surface area contributed by atoms with E-state index in [2.05, 4.69) is 21.5 Å². The van der Waals surface area contributed by atoms with Crippen molar-refractivity contribution in [3.63, 3.8) is 0 Å². The lowest BCUT2D eigenvalue weighted by Gasteiger charge is -2.28. The number of nitrogens with zero attached hydrogens (tertiary/aromatic N) is 4. The Morgan fingerprint density at radius 1 is 1.43 bits per heavy atom. The van der Waals surface area contributed by atoms with Crippen LogP contribution in [0.4, 0.5) is 5.95 Å². The largest absolute Gasteiger partial charge is 0.463 e. The second-order valence-corrected chi connectivity index (χ2v) is 5.05. The van der Waals surface area contributed by atoms with Gasteiger partial charge in [0.25, 0.3) is 0 Å². The summed E-state index contributed by atoms with van der Waals surface area (Å²) in [5.41, 5.74) is 2.55. The van der Waals surface area contributed by atoms with Gasteiger partial charge in [-0.1, -0.05) is 12.1 Å². The maximum atomic E-state index is 12.4. The number of nitriles is 1. The van der Waals surface area contributed by atoms with Crippen molar-refractivity contribution in [2.75, 3.05) is 11.9 Å². The van der Waals surface area contributed by atoms with Crippen LogP contribution in [-0.2, 0) is 9.53 Å². The predicted octanol–water partition coefficient (Wildman–Crippen LogP) is 2.00. The van der Waals surface area contributed by atoms with E-state index in [1.165, 1.54) is 6.33 Å². The highest BCUT2D eigenvalue weighted by molar-refractivity contribution is 5.92. The van der Waals surface area contributed by atoms with Gasteiger partial charge in [0.05, 0.1) is 23.8 Å². The number of benzene rings is 1. The highest BCUT2D eigenvalue weighted by Gasteiger charge is 2.34. The number of ether oxygens (including phenoxy) is 1. The first-order valence-corrected chi connectivity index (χ1v) is 7.20. The number of hydrogen-bond acceptors (Lipinski definition) is 6. The Morgan fingerprint density at radius 2 is 2.17 bits per heavy atom. The summed E-state index contributed by atoms with van der Waals surface area (Å²) in [6.07, 6.45) is 1.43. The Kier molecular flexibility index (Phi) is 3.81. The number of hydrogen-bond donors (Lipinski definition) is 1. The van der Waals surface area contributed by atoms with Crippen LogP contribution >= 0.6 is 0 Å². The van der Waals surface area contributed by atoms with Crippen LogP contribution in [-0.4, -0.2) is 27.3 Å². The molecule has 0 unspecified atom stereocenters. The van der Waals surface area contributed by atoms with Crippen molar-refractivity contribution in [2.45, 2.75) is 19.9 Å². The Morgan fingerprint density at radius 3 is 2.83 bits per heavy atom. The molecule has 3 rings (SSSR count). The average Bonchev–Trinajstić information content (AvgIpc) is 3.01. The van der Waals surface area contributed by atoms with E-state index in [1.54, 1.807) is 30.7 Å². The number of fused-ring (bicyclic) bond motifs is 1. The second kappa shape index (κ2) is 5.93. The number of rotatable bonds is 3. The lowest BCUT2D eigenvalue weighted by Crippen LogP contribution is -2.29. The van der Waals surface area contributed by atoms with Crippen molar-refractivity contribution in [3.8, 4) is 6.07 Å². The van der Waals surface area contributed by atoms with E-state index in [-0.39, 0.29) is 0 Å². The van der Waals surface area contributed by atoms with Crippen molar-refractivity contribution >= 4 is 11.9 Å². The molecule has 0 aliphatic carbocycles. The molecule has 1 N–H and O–H groups in total. The third-order valence-corrected chi connectivity index (χ3v) is 3.65. The van der Waals surface area contributed by atoms with Crippen LogP contribution in [0.25, 0.3) is 0 Å². The zero-order valence-electron chi connectivity index (χ0n) is 12.8. The SMILES string of the molecule is CCOC(=O)C1=C(C)Nc2ncnn2[C@H]1c1ccc(C#N)cc1. The first-order chi connectivity index (χ1) is 11.2. The quantitative estimate of drug-likeness (QED) is 0.872. The second-order valence-electron chi connectivity index (χ2n) is 5.05. The number of carbonyl (C=O) groups is 1. The highest BCUT2D eigenvalue weighted by atomic mass is 16.5. The van der Waals surface area contributed by atoms with Gasteiger partial charge in [0.1, 0.15) is 12.4 Å². The number of anilines is 1. The summed E-state index contributed by atoms with van der Waals surface area (Å²) in [6.45, 7) is 3.86. The molecule has 1 atom stereocenters. The van der Waals surface area contributed by atoms with Crippen LogP contribution in [0.15, 0.2) is 41.9 Å². The Bertz CT molecular complexity index is 814. The summed E-state index contributed by atoms with van der Waals surface area (Å²) in [6, 6.07) is 8.69. The fourth-order valence-corrected chi connectivity index (χ4v) is 2.61. The predicted molar refractivity (Wildman–Crippen MR) is 82.3 cm³/mol. The summed E-state index contributed by atoms with van der Waals surface area (Å²) < 4.78 is 6.83. The van der Waals surface area contributed by atoms with Gasteiger partial charge in [0.2, 0.25) is 5.95 Å². The van der Waals surface area contributed by atoms with E-state index in [4.69, 9.17) is 10.00 Å². The molecule has 116 valence electrons. The smallest absolute Gasteiger partial charge is 0.338 e. The third kappa shape index (κ3) is 2.55. The zero-order valence-corrected chi connectivity index (χ0v) is 12.8. The average molecular weight is 309 g/mol. The number of esters is 1. The van der Waals surface area contributed by atoms with Crippen molar-refractivity contribution in [2.24, 2.45) is 0 Å². The normalized spacial score (nSPS) is 16.3. The molecule has 1 aromatic carbocycles. The molecule has 1 aliphatic heterocycles. The molecule has 0 spiro atoms. The highest BCUT2D eigenvalue weighted by Crippen LogP contribution is 2.35. The van der Waals surface area contributed by atoms with E-state index in [0.717, 1.165) is 5.56 Å². The molecular weight excluding hydrogens is 294 g/mol. The lowest BCUT2D eigenvalue weighted by molar-refractivity contribution is -0.139. The fraction of sp³-hybridized carbons (Fsp3) is 0.250. The Hall–Kier alpha value is -3.14. The number of carbonyl (C=O) groups excluding carboxylic acids is 1. The van der Waals surface area contributed by atoms with Gasteiger partial charge >= 0.3 is 5.97 Å². The molecule has 0 amide bonds. The molecule has 0 bridgehead atoms. The molecule has 7 nitrogen and oxygen atoms in total. The van der Waals surface area contributed by atoms with Crippen LogP contribution in [0.1, 0.15) is 31.0 Å². The molecule has 2 aromatic rings. The molecule has 2 heterocycles. The summed E-state index contributed by atoms with van der Waals surface area (Å²) >= 11 is 0. The zero-order chi connectivity index (χ0) is 16.4. The van der Waals surface area contributed by atoms with E-state index in [1.807, 2.05) is 12.1 Å². The first-order valence-electron chi connectivity index (χ1n) is 7.20. The van der Waals surface area contributed by atoms with Gasteiger partial charge in [-0.15, -0.1) is 0 Å².